The number of alkyl halides is 1. The molecule has 0 aliphatic heterocycles. The number of carbonyl (C=O) groups excluding carboxylic acids is 1. The normalized spacial score (nSPS) is 9.67. The Hall–Kier alpha value is -1.58. The minimum Gasteiger partial charge on any atom is -0.449 e. The summed E-state index contributed by atoms with van der Waals surface area (Å²) in [5.41, 5.74) is 1.20. The SMILES string of the molecule is O=C(NCF)OCCCc1ccccc1. The largest absolute Gasteiger partial charge is 0.449 e. The van der Waals surface area contributed by atoms with E-state index in [9.17, 15) is 9.18 Å². The first kappa shape index (κ1) is 11.5. The van der Waals surface area contributed by atoms with Gasteiger partial charge < -0.3 is 4.74 Å². The molecule has 4 heteroatoms. The lowest BCUT2D eigenvalue weighted by Crippen LogP contribution is -2.23. The van der Waals surface area contributed by atoms with Crippen molar-refractivity contribution < 1.29 is 13.9 Å². The predicted molar refractivity (Wildman–Crippen MR) is 55.2 cm³/mol. The zero-order valence-electron chi connectivity index (χ0n) is 8.41. The van der Waals surface area contributed by atoms with Gasteiger partial charge in [0.25, 0.3) is 0 Å². The summed E-state index contributed by atoms with van der Waals surface area (Å²) in [6.07, 6.45) is 0.888. The van der Waals surface area contributed by atoms with Crippen molar-refractivity contribution in [3.63, 3.8) is 0 Å². The van der Waals surface area contributed by atoms with E-state index in [0.29, 0.717) is 6.61 Å². The van der Waals surface area contributed by atoms with E-state index in [2.05, 4.69) is 0 Å². The standard InChI is InChI=1S/C11H14FNO2/c12-9-13-11(14)15-8-4-7-10-5-2-1-3-6-10/h1-3,5-6H,4,7-9H2,(H,13,14). The van der Waals surface area contributed by atoms with Gasteiger partial charge in [0.1, 0.15) is 0 Å². The van der Waals surface area contributed by atoms with Crippen molar-refractivity contribution in [3.8, 4) is 0 Å². The molecule has 0 aromatic heterocycles. The lowest BCUT2D eigenvalue weighted by molar-refractivity contribution is 0.140. The Kier molecular flexibility index (Phi) is 5.22. The van der Waals surface area contributed by atoms with Crippen molar-refractivity contribution in [1.82, 2.24) is 5.32 Å². The molecular formula is C11H14FNO2. The number of carbonyl (C=O) groups is 1. The summed E-state index contributed by atoms with van der Waals surface area (Å²) in [4.78, 5) is 10.7. The molecule has 0 heterocycles. The van der Waals surface area contributed by atoms with Crippen molar-refractivity contribution in [3.05, 3.63) is 35.9 Å². The predicted octanol–water partition coefficient (Wildman–Crippen LogP) is 2.27. The number of halogens is 1. The molecule has 0 spiro atoms. The van der Waals surface area contributed by atoms with E-state index in [0.717, 1.165) is 12.8 Å². The molecule has 0 fully saturated rings. The first-order chi connectivity index (χ1) is 7.33. The fourth-order valence-corrected chi connectivity index (χ4v) is 1.19. The van der Waals surface area contributed by atoms with Crippen molar-refractivity contribution in [2.45, 2.75) is 12.8 Å². The number of amides is 1. The van der Waals surface area contributed by atoms with Crippen LogP contribution >= 0.6 is 0 Å². The van der Waals surface area contributed by atoms with Gasteiger partial charge in [0.15, 0.2) is 6.80 Å². The highest BCUT2D eigenvalue weighted by molar-refractivity contribution is 5.66. The van der Waals surface area contributed by atoms with Gasteiger partial charge in [-0.1, -0.05) is 30.3 Å². The summed E-state index contributed by atoms with van der Waals surface area (Å²) < 4.78 is 16.3. The van der Waals surface area contributed by atoms with Gasteiger partial charge in [0.2, 0.25) is 0 Å². The summed E-state index contributed by atoms with van der Waals surface area (Å²) in [6, 6.07) is 9.91. The van der Waals surface area contributed by atoms with Crippen LogP contribution in [0.1, 0.15) is 12.0 Å². The lowest BCUT2D eigenvalue weighted by atomic mass is 10.1. The quantitative estimate of drug-likeness (QED) is 0.599. The fraction of sp³-hybridized carbons (Fsp3) is 0.364. The number of nitrogens with one attached hydrogen (secondary N) is 1. The van der Waals surface area contributed by atoms with Crippen LogP contribution in [0, 0.1) is 0 Å². The van der Waals surface area contributed by atoms with Crippen molar-refractivity contribution in [2.24, 2.45) is 0 Å². The summed E-state index contributed by atoms with van der Waals surface area (Å²) in [6.45, 7) is -0.585. The summed E-state index contributed by atoms with van der Waals surface area (Å²) in [5.74, 6) is 0. The molecule has 0 unspecified atom stereocenters. The van der Waals surface area contributed by atoms with Crippen LogP contribution in [-0.4, -0.2) is 19.5 Å². The third-order valence-corrected chi connectivity index (χ3v) is 1.90. The average Bonchev–Trinajstić information content (AvgIpc) is 2.26. The van der Waals surface area contributed by atoms with Gasteiger partial charge in [-0.3, -0.25) is 5.32 Å². The Morgan fingerprint density at radius 3 is 2.73 bits per heavy atom. The number of aryl methyl sites for hydroxylation is 1. The van der Waals surface area contributed by atoms with E-state index in [1.807, 2.05) is 35.6 Å². The minimum atomic E-state index is -0.891. The minimum absolute atomic E-state index is 0.306. The highest BCUT2D eigenvalue weighted by Gasteiger charge is 1.99. The van der Waals surface area contributed by atoms with E-state index in [4.69, 9.17) is 4.74 Å². The highest BCUT2D eigenvalue weighted by Crippen LogP contribution is 2.02. The Balaban J connectivity index is 2.10. The van der Waals surface area contributed by atoms with E-state index < -0.39 is 12.9 Å². The number of hydrogen-bond acceptors (Lipinski definition) is 2. The molecule has 0 saturated heterocycles. The first-order valence-corrected chi connectivity index (χ1v) is 4.83. The van der Waals surface area contributed by atoms with Crippen LogP contribution in [0.4, 0.5) is 9.18 Å². The number of ether oxygens (including phenoxy) is 1. The number of rotatable bonds is 5. The first-order valence-electron chi connectivity index (χ1n) is 4.83. The maximum atomic E-state index is 11.6. The molecule has 1 aromatic rings. The maximum absolute atomic E-state index is 11.6. The molecule has 1 amide bonds. The molecule has 3 nitrogen and oxygen atoms in total. The monoisotopic (exact) mass is 211 g/mol. The lowest BCUT2D eigenvalue weighted by Gasteiger charge is -2.04. The van der Waals surface area contributed by atoms with E-state index >= 15 is 0 Å². The van der Waals surface area contributed by atoms with Crippen molar-refractivity contribution in [2.75, 3.05) is 13.4 Å². The molecule has 1 N–H and O–H groups in total. The smallest absolute Gasteiger partial charge is 0.409 e. The third-order valence-electron chi connectivity index (χ3n) is 1.90. The summed E-state index contributed by atoms with van der Waals surface area (Å²) in [7, 11) is 0. The Morgan fingerprint density at radius 2 is 2.07 bits per heavy atom. The van der Waals surface area contributed by atoms with Crippen LogP contribution in [0.2, 0.25) is 0 Å². The van der Waals surface area contributed by atoms with Gasteiger partial charge >= 0.3 is 6.09 Å². The van der Waals surface area contributed by atoms with E-state index in [1.54, 1.807) is 0 Å². The molecule has 0 atom stereocenters. The molecule has 82 valence electrons. The third kappa shape index (κ3) is 5.00. The zero-order chi connectivity index (χ0) is 10.9. The molecule has 1 rings (SSSR count). The van der Waals surface area contributed by atoms with Crippen molar-refractivity contribution >= 4 is 6.09 Å². The Bertz CT molecular complexity index is 290. The van der Waals surface area contributed by atoms with Crippen LogP contribution in [0.25, 0.3) is 0 Å². The second kappa shape index (κ2) is 6.81. The van der Waals surface area contributed by atoms with Gasteiger partial charge in [0.05, 0.1) is 6.61 Å². The van der Waals surface area contributed by atoms with Crippen LogP contribution in [0.3, 0.4) is 0 Å². The van der Waals surface area contributed by atoms with Crippen LogP contribution in [0.5, 0.6) is 0 Å². The summed E-state index contributed by atoms with van der Waals surface area (Å²) in [5, 5.41) is 1.92. The van der Waals surface area contributed by atoms with E-state index in [-0.39, 0.29) is 0 Å². The Labute approximate surface area is 88.2 Å². The number of benzene rings is 1. The molecule has 0 saturated carbocycles. The Morgan fingerprint density at radius 1 is 1.33 bits per heavy atom. The molecule has 0 bridgehead atoms. The van der Waals surface area contributed by atoms with E-state index in [1.165, 1.54) is 5.56 Å². The second-order valence-corrected chi connectivity index (χ2v) is 3.04. The number of hydrogen-bond donors (Lipinski definition) is 1. The second-order valence-electron chi connectivity index (χ2n) is 3.04. The number of alkyl carbamates (subject to hydrolysis) is 1. The molecule has 0 aliphatic carbocycles. The van der Waals surface area contributed by atoms with Crippen LogP contribution in [-0.2, 0) is 11.2 Å². The van der Waals surface area contributed by atoms with Gasteiger partial charge in [-0.15, -0.1) is 0 Å². The molecule has 0 radical (unpaired) electrons. The fourth-order valence-electron chi connectivity index (χ4n) is 1.19. The van der Waals surface area contributed by atoms with Crippen LogP contribution in [0.15, 0.2) is 30.3 Å². The molecular weight excluding hydrogens is 197 g/mol. The maximum Gasteiger partial charge on any atom is 0.409 e. The van der Waals surface area contributed by atoms with Gasteiger partial charge in [-0.05, 0) is 18.4 Å². The summed E-state index contributed by atoms with van der Waals surface area (Å²) >= 11 is 0. The highest BCUT2D eigenvalue weighted by atomic mass is 19.1. The molecule has 15 heavy (non-hydrogen) atoms. The molecule has 0 aliphatic rings. The van der Waals surface area contributed by atoms with Gasteiger partial charge in [0, 0.05) is 0 Å². The average molecular weight is 211 g/mol. The topological polar surface area (TPSA) is 38.3 Å². The molecule has 1 aromatic carbocycles. The van der Waals surface area contributed by atoms with Crippen LogP contribution < -0.4 is 5.32 Å². The van der Waals surface area contributed by atoms with Crippen molar-refractivity contribution in [1.29, 1.82) is 0 Å². The zero-order valence-corrected chi connectivity index (χ0v) is 8.41. The van der Waals surface area contributed by atoms with Gasteiger partial charge in [-0.25, -0.2) is 9.18 Å². The van der Waals surface area contributed by atoms with Gasteiger partial charge in [-0.2, -0.15) is 0 Å².